The molecule has 0 aliphatic carbocycles. The lowest BCUT2D eigenvalue weighted by molar-refractivity contribution is -0.164. The molecule has 0 N–H and O–H groups in total. The van der Waals surface area contributed by atoms with Gasteiger partial charge in [-0.25, -0.2) is 9.79 Å². The quantitative estimate of drug-likeness (QED) is 0.388. The number of nitrogens with zero attached hydrogens (tertiary/aromatic N) is 4. The van der Waals surface area contributed by atoms with E-state index >= 15 is 0 Å². The summed E-state index contributed by atoms with van der Waals surface area (Å²) in [7, 11) is 3.64. The van der Waals surface area contributed by atoms with Gasteiger partial charge < -0.3 is 19.1 Å². The molecule has 0 amide bonds. The van der Waals surface area contributed by atoms with Crippen molar-refractivity contribution < 1.29 is 19.0 Å². The molecule has 1 fully saturated rings. The molecule has 2 aromatic rings. The van der Waals surface area contributed by atoms with Crippen LogP contribution in [-0.4, -0.2) is 60.4 Å². The number of rotatable bonds is 7. The Morgan fingerprint density at radius 2 is 2.07 bits per heavy atom. The Morgan fingerprint density at radius 3 is 2.73 bits per heavy atom. The highest BCUT2D eigenvalue weighted by Gasteiger charge is 2.34. The molecule has 160 valence electrons. The third-order valence-corrected chi connectivity index (χ3v) is 4.64. The molecule has 0 spiro atoms. The van der Waals surface area contributed by atoms with Crippen LogP contribution >= 0.6 is 0 Å². The van der Waals surface area contributed by atoms with Crippen LogP contribution < -0.4 is 5.69 Å². The van der Waals surface area contributed by atoms with E-state index in [1.165, 1.54) is 4.57 Å². The van der Waals surface area contributed by atoms with Gasteiger partial charge in [-0.3, -0.25) is 9.36 Å². The molecular weight excluding hydrogens is 388 g/mol. The molecule has 1 saturated heterocycles. The summed E-state index contributed by atoms with van der Waals surface area (Å²) in [5.74, 6) is -0.0798. The standard InChI is InChI=1S/C21H26N4O5/c1-21(2,15-8-6-5-7-9-15)19(26)29-13-18-28-12-17(30-18)25-11-10-16(23-20(25)27)22-14-24(3)4/h5-11,14,17-18H,12-13H2,1-4H3/t17-,18-/m0/s1. The summed E-state index contributed by atoms with van der Waals surface area (Å²) in [6.07, 6.45) is 1.70. The van der Waals surface area contributed by atoms with Crippen molar-refractivity contribution in [2.75, 3.05) is 27.3 Å². The number of hydrogen-bond donors (Lipinski definition) is 0. The molecule has 3 rings (SSSR count). The van der Waals surface area contributed by atoms with Gasteiger partial charge in [-0.2, -0.15) is 4.98 Å². The summed E-state index contributed by atoms with van der Waals surface area (Å²) >= 11 is 0. The van der Waals surface area contributed by atoms with Gasteiger partial charge in [0.25, 0.3) is 0 Å². The van der Waals surface area contributed by atoms with Crippen molar-refractivity contribution in [2.24, 2.45) is 4.99 Å². The number of aromatic nitrogens is 2. The first-order valence-electron chi connectivity index (χ1n) is 9.57. The largest absolute Gasteiger partial charge is 0.460 e. The molecule has 0 bridgehead atoms. The van der Waals surface area contributed by atoms with Crippen LogP contribution in [0.2, 0.25) is 0 Å². The maximum Gasteiger partial charge on any atom is 0.351 e. The Balaban J connectivity index is 1.57. The van der Waals surface area contributed by atoms with Crippen molar-refractivity contribution in [1.82, 2.24) is 14.5 Å². The first-order valence-corrected chi connectivity index (χ1v) is 9.57. The van der Waals surface area contributed by atoms with Gasteiger partial charge in [0.1, 0.15) is 6.61 Å². The average molecular weight is 414 g/mol. The molecule has 0 unspecified atom stereocenters. The predicted octanol–water partition coefficient (Wildman–Crippen LogP) is 1.86. The summed E-state index contributed by atoms with van der Waals surface area (Å²) in [5.41, 5.74) is -0.445. The second-order valence-corrected chi connectivity index (χ2v) is 7.63. The predicted molar refractivity (Wildman–Crippen MR) is 111 cm³/mol. The summed E-state index contributed by atoms with van der Waals surface area (Å²) in [6, 6.07) is 11.0. The first kappa shape index (κ1) is 21.7. The van der Waals surface area contributed by atoms with Gasteiger partial charge in [-0.05, 0) is 25.5 Å². The molecule has 1 aliphatic rings. The minimum absolute atomic E-state index is 0.0704. The van der Waals surface area contributed by atoms with Gasteiger partial charge in [-0.1, -0.05) is 30.3 Å². The van der Waals surface area contributed by atoms with Crippen LogP contribution in [0.3, 0.4) is 0 Å². The van der Waals surface area contributed by atoms with Crippen LogP contribution in [0.4, 0.5) is 5.82 Å². The number of benzene rings is 1. The molecule has 2 atom stereocenters. The highest BCUT2D eigenvalue weighted by Crippen LogP contribution is 2.26. The average Bonchev–Trinajstić information content (AvgIpc) is 3.19. The van der Waals surface area contributed by atoms with Crippen LogP contribution in [0.5, 0.6) is 0 Å². The van der Waals surface area contributed by atoms with Crippen LogP contribution in [-0.2, 0) is 24.4 Å². The maximum absolute atomic E-state index is 12.6. The fourth-order valence-corrected chi connectivity index (χ4v) is 2.84. The lowest BCUT2D eigenvalue weighted by atomic mass is 9.85. The molecule has 30 heavy (non-hydrogen) atoms. The fraction of sp³-hybridized carbons (Fsp3) is 0.429. The number of ether oxygens (including phenoxy) is 3. The van der Waals surface area contributed by atoms with Gasteiger partial charge in [0.2, 0.25) is 0 Å². The monoisotopic (exact) mass is 414 g/mol. The minimum atomic E-state index is -0.803. The molecule has 1 aliphatic heterocycles. The highest BCUT2D eigenvalue weighted by atomic mass is 16.7. The van der Waals surface area contributed by atoms with Gasteiger partial charge in [0.05, 0.1) is 18.4 Å². The normalized spacial score (nSPS) is 19.2. The Bertz CT molecular complexity index is 955. The third kappa shape index (κ3) is 5.11. The summed E-state index contributed by atoms with van der Waals surface area (Å²) in [5, 5.41) is 0. The molecule has 1 aromatic carbocycles. The smallest absolute Gasteiger partial charge is 0.351 e. The van der Waals surface area contributed by atoms with Crippen molar-refractivity contribution >= 4 is 18.1 Å². The van der Waals surface area contributed by atoms with Crippen LogP contribution in [0.15, 0.2) is 52.4 Å². The van der Waals surface area contributed by atoms with E-state index in [1.54, 1.807) is 37.3 Å². The van der Waals surface area contributed by atoms with Crippen molar-refractivity contribution in [3.63, 3.8) is 0 Å². The SMILES string of the molecule is CN(C)C=Nc1ccn([C@@H]2CO[C@H](COC(=O)C(C)(C)c3ccccc3)O2)c(=O)n1. The fourth-order valence-electron chi connectivity index (χ4n) is 2.84. The molecule has 1 aromatic heterocycles. The van der Waals surface area contributed by atoms with Crippen LogP contribution in [0.25, 0.3) is 0 Å². The lowest BCUT2D eigenvalue weighted by Gasteiger charge is -2.23. The van der Waals surface area contributed by atoms with Crippen LogP contribution in [0, 0.1) is 0 Å². The molecule has 9 nitrogen and oxygen atoms in total. The van der Waals surface area contributed by atoms with Gasteiger partial charge in [0, 0.05) is 20.3 Å². The zero-order chi connectivity index (χ0) is 21.7. The van der Waals surface area contributed by atoms with E-state index in [4.69, 9.17) is 14.2 Å². The van der Waals surface area contributed by atoms with E-state index in [0.29, 0.717) is 5.82 Å². The maximum atomic E-state index is 12.6. The van der Waals surface area contributed by atoms with E-state index in [2.05, 4.69) is 9.98 Å². The molecule has 0 saturated carbocycles. The van der Waals surface area contributed by atoms with Gasteiger partial charge in [0.15, 0.2) is 18.3 Å². The third-order valence-electron chi connectivity index (χ3n) is 4.64. The molecule has 9 heteroatoms. The van der Waals surface area contributed by atoms with E-state index in [9.17, 15) is 9.59 Å². The second kappa shape index (κ2) is 9.19. The lowest BCUT2D eigenvalue weighted by Crippen LogP contribution is -2.33. The number of carbonyl (C=O) groups is 1. The van der Waals surface area contributed by atoms with Gasteiger partial charge in [-0.15, -0.1) is 0 Å². The van der Waals surface area contributed by atoms with Gasteiger partial charge >= 0.3 is 11.7 Å². The Kier molecular flexibility index (Phi) is 6.63. The number of carbonyl (C=O) groups excluding carboxylic acids is 1. The molecule has 2 heterocycles. The number of aliphatic imine (C=N–C) groups is 1. The Hall–Kier alpha value is -3.04. The van der Waals surface area contributed by atoms with E-state index in [-0.39, 0.29) is 19.2 Å². The minimum Gasteiger partial charge on any atom is -0.460 e. The topological polar surface area (TPSA) is 95.3 Å². The van der Waals surface area contributed by atoms with E-state index in [1.807, 2.05) is 44.4 Å². The molecular formula is C21H26N4O5. The highest BCUT2D eigenvalue weighted by molar-refractivity contribution is 5.82. The van der Waals surface area contributed by atoms with Crippen molar-refractivity contribution in [1.29, 1.82) is 0 Å². The zero-order valence-corrected chi connectivity index (χ0v) is 17.5. The molecule has 0 radical (unpaired) electrons. The van der Waals surface area contributed by atoms with E-state index < -0.39 is 23.6 Å². The van der Waals surface area contributed by atoms with Crippen LogP contribution in [0.1, 0.15) is 25.6 Å². The van der Waals surface area contributed by atoms with E-state index in [0.717, 1.165) is 5.56 Å². The Morgan fingerprint density at radius 1 is 1.33 bits per heavy atom. The van der Waals surface area contributed by atoms with Crippen molar-refractivity contribution in [3.05, 3.63) is 58.6 Å². The Labute approximate surface area is 174 Å². The van der Waals surface area contributed by atoms with Crippen molar-refractivity contribution in [2.45, 2.75) is 31.8 Å². The zero-order valence-electron chi connectivity index (χ0n) is 17.5. The summed E-state index contributed by atoms with van der Waals surface area (Å²) in [6.45, 7) is 3.68. The second-order valence-electron chi connectivity index (χ2n) is 7.63. The first-order chi connectivity index (χ1) is 14.3. The summed E-state index contributed by atoms with van der Waals surface area (Å²) in [4.78, 5) is 34.6. The number of hydrogen-bond acceptors (Lipinski definition) is 7. The summed E-state index contributed by atoms with van der Waals surface area (Å²) < 4.78 is 18.0. The number of esters is 1. The van der Waals surface area contributed by atoms with Crippen molar-refractivity contribution in [3.8, 4) is 0 Å².